The lowest BCUT2D eigenvalue weighted by atomic mass is 9.83. The zero-order chi connectivity index (χ0) is 17.1. The molecule has 0 spiro atoms. The zero-order valence-electron chi connectivity index (χ0n) is 14.0. The summed E-state index contributed by atoms with van der Waals surface area (Å²) < 4.78 is 0. The van der Waals surface area contributed by atoms with Crippen molar-refractivity contribution in [1.82, 2.24) is 0 Å². The van der Waals surface area contributed by atoms with Crippen LogP contribution in [-0.4, -0.2) is 34.8 Å². The number of aliphatic carboxylic acids is 1. The summed E-state index contributed by atoms with van der Waals surface area (Å²) in [5, 5.41) is 10.4. The standard InChI is InChI=1S/C18H23ClNO2P/c1-5-23(6-2)17-12(4)20-11(3)15(18(21)22)16(17)13-9-7-8-10-14(13)19/h7-10,16-17H,5-6H2,1-4H3,(H,21,22). The lowest BCUT2D eigenvalue weighted by Crippen LogP contribution is -2.33. The minimum atomic E-state index is -0.893. The van der Waals surface area contributed by atoms with Gasteiger partial charge in [0.2, 0.25) is 0 Å². The van der Waals surface area contributed by atoms with Crippen molar-refractivity contribution in [1.29, 1.82) is 0 Å². The Labute approximate surface area is 144 Å². The lowest BCUT2D eigenvalue weighted by Gasteiger charge is -2.37. The smallest absolute Gasteiger partial charge is 0.334 e. The van der Waals surface area contributed by atoms with Crippen LogP contribution in [0.5, 0.6) is 0 Å². The molecular weight excluding hydrogens is 329 g/mol. The fourth-order valence-electron chi connectivity index (χ4n) is 3.45. The second-order valence-electron chi connectivity index (χ2n) is 5.72. The number of carboxylic acids is 1. The van der Waals surface area contributed by atoms with E-state index in [1.54, 1.807) is 6.92 Å². The Kier molecular flexibility index (Phi) is 6.00. The van der Waals surface area contributed by atoms with Gasteiger partial charge in [-0.1, -0.05) is 51.6 Å². The molecule has 23 heavy (non-hydrogen) atoms. The number of aliphatic imine (C=N–C) groups is 1. The summed E-state index contributed by atoms with van der Waals surface area (Å²) in [4.78, 5) is 16.5. The molecular formula is C18H23ClNO2P. The molecule has 0 fully saturated rings. The predicted octanol–water partition coefficient (Wildman–Crippen LogP) is 5.15. The minimum Gasteiger partial charge on any atom is -0.478 e. The van der Waals surface area contributed by atoms with Crippen molar-refractivity contribution in [3.05, 3.63) is 46.1 Å². The highest BCUT2D eigenvalue weighted by Gasteiger charge is 2.40. The van der Waals surface area contributed by atoms with Gasteiger partial charge in [-0.2, -0.15) is 0 Å². The summed E-state index contributed by atoms with van der Waals surface area (Å²) in [6, 6.07) is 7.59. The van der Waals surface area contributed by atoms with Crippen molar-refractivity contribution in [3.8, 4) is 0 Å². The SMILES string of the molecule is CCP(CC)C1C(C)=NC(C)=C(C(=O)O)C1c1ccccc1Cl. The number of rotatable bonds is 5. The van der Waals surface area contributed by atoms with Crippen LogP contribution in [0.4, 0.5) is 0 Å². The molecule has 1 heterocycles. The summed E-state index contributed by atoms with van der Waals surface area (Å²) in [7, 11) is -0.346. The predicted molar refractivity (Wildman–Crippen MR) is 99.4 cm³/mol. The first-order valence-electron chi connectivity index (χ1n) is 7.90. The molecule has 1 aromatic rings. The molecule has 1 N–H and O–H groups in total. The summed E-state index contributed by atoms with van der Waals surface area (Å²) >= 11 is 6.43. The number of hydrogen-bond donors (Lipinski definition) is 1. The Morgan fingerprint density at radius 2 is 1.87 bits per heavy atom. The third-order valence-corrected chi connectivity index (χ3v) is 7.89. The van der Waals surface area contributed by atoms with Gasteiger partial charge in [-0.05, 0) is 37.8 Å². The van der Waals surface area contributed by atoms with E-state index < -0.39 is 5.97 Å². The summed E-state index contributed by atoms with van der Waals surface area (Å²) in [5.74, 6) is -1.11. The molecule has 124 valence electrons. The Bertz CT molecular complexity index is 665. The van der Waals surface area contributed by atoms with Crippen LogP contribution >= 0.6 is 19.5 Å². The van der Waals surface area contributed by atoms with Gasteiger partial charge >= 0.3 is 5.97 Å². The molecule has 1 aliphatic heterocycles. The van der Waals surface area contributed by atoms with E-state index >= 15 is 0 Å². The maximum absolute atomic E-state index is 11.9. The lowest BCUT2D eigenvalue weighted by molar-refractivity contribution is -0.133. The highest BCUT2D eigenvalue weighted by Crippen LogP contribution is 2.53. The molecule has 0 bridgehead atoms. The van der Waals surface area contributed by atoms with Gasteiger partial charge in [0, 0.05) is 28.0 Å². The van der Waals surface area contributed by atoms with E-state index in [1.165, 1.54) is 0 Å². The second-order valence-corrected chi connectivity index (χ2v) is 9.13. The first-order chi connectivity index (χ1) is 10.9. The molecule has 0 amide bonds. The molecule has 2 unspecified atom stereocenters. The van der Waals surface area contributed by atoms with Gasteiger partial charge in [0.1, 0.15) is 0 Å². The molecule has 0 aromatic heterocycles. The van der Waals surface area contributed by atoms with Crippen LogP contribution in [0.2, 0.25) is 5.02 Å². The molecule has 2 rings (SSSR count). The normalized spacial score (nSPS) is 21.6. The molecule has 0 saturated heterocycles. The third kappa shape index (κ3) is 3.51. The average Bonchev–Trinajstić information content (AvgIpc) is 2.50. The molecule has 1 aromatic carbocycles. The van der Waals surface area contributed by atoms with E-state index in [2.05, 4.69) is 18.8 Å². The first-order valence-corrected chi connectivity index (χ1v) is 10.1. The number of benzene rings is 1. The van der Waals surface area contributed by atoms with Gasteiger partial charge in [0.15, 0.2) is 0 Å². The molecule has 0 saturated carbocycles. The van der Waals surface area contributed by atoms with Crippen molar-refractivity contribution in [2.45, 2.75) is 39.3 Å². The summed E-state index contributed by atoms with van der Waals surface area (Å²) in [6.45, 7) is 8.17. The minimum absolute atomic E-state index is 0.134. The van der Waals surface area contributed by atoms with Gasteiger partial charge in [-0.15, -0.1) is 0 Å². The number of carboxylic acid groups (broad SMARTS) is 1. The van der Waals surface area contributed by atoms with Crippen LogP contribution in [0.3, 0.4) is 0 Å². The first kappa shape index (κ1) is 18.2. The molecule has 3 nitrogen and oxygen atoms in total. The van der Waals surface area contributed by atoms with Crippen molar-refractivity contribution in [2.24, 2.45) is 4.99 Å². The van der Waals surface area contributed by atoms with Gasteiger partial charge in [0.25, 0.3) is 0 Å². The number of halogens is 1. The highest BCUT2D eigenvalue weighted by molar-refractivity contribution is 7.59. The van der Waals surface area contributed by atoms with Crippen molar-refractivity contribution < 1.29 is 9.90 Å². The topological polar surface area (TPSA) is 49.7 Å². The van der Waals surface area contributed by atoms with Crippen LogP contribution in [0.25, 0.3) is 0 Å². The molecule has 0 aliphatic carbocycles. The maximum atomic E-state index is 11.9. The Balaban J connectivity index is 2.68. The fourth-order valence-corrected chi connectivity index (χ4v) is 6.25. The van der Waals surface area contributed by atoms with E-state index in [4.69, 9.17) is 11.6 Å². The van der Waals surface area contributed by atoms with E-state index in [0.717, 1.165) is 23.6 Å². The van der Waals surface area contributed by atoms with Gasteiger partial charge in [-0.3, -0.25) is 4.99 Å². The van der Waals surface area contributed by atoms with Crippen molar-refractivity contribution in [3.63, 3.8) is 0 Å². The van der Waals surface area contributed by atoms with Crippen molar-refractivity contribution >= 4 is 31.2 Å². The zero-order valence-corrected chi connectivity index (χ0v) is 15.7. The summed E-state index contributed by atoms with van der Waals surface area (Å²) in [5.41, 5.74) is 3.06. The van der Waals surface area contributed by atoms with E-state index in [9.17, 15) is 9.90 Å². The van der Waals surface area contributed by atoms with Crippen LogP contribution in [-0.2, 0) is 4.79 Å². The number of nitrogens with zero attached hydrogens (tertiary/aromatic N) is 1. The monoisotopic (exact) mass is 351 g/mol. The highest BCUT2D eigenvalue weighted by atomic mass is 35.5. The van der Waals surface area contributed by atoms with Crippen LogP contribution < -0.4 is 0 Å². The molecule has 1 aliphatic rings. The Morgan fingerprint density at radius 3 is 2.39 bits per heavy atom. The van der Waals surface area contributed by atoms with Crippen molar-refractivity contribution in [2.75, 3.05) is 12.3 Å². The molecule has 0 radical (unpaired) electrons. The van der Waals surface area contributed by atoms with E-state index in [1.807, 2.05) is 31.2 Å². The van der Waals surface area contributed by atoms with Crippen LogP contribution in [0, 0.1) is 0 Å². The molecule has 5 heteroatoms. The second kappa shape index (κ2) is 7.59. The maximum Gasteiger partial charge on any atom is 0.334 e. The third-order valence-electron chi connectivity index (χ3n) is 4.47. The Morgan fingerprint density at radius 1 is 1.26 bits per heavy atom. The largest absolute Gasteiger partial charge is 0.478 e. The van der Waals surface area contributed by atoms with Crippen LogP contribution in [0.1, 0.15) is 39.2 Å². The van der Waals surface area contributed by atoms with Gasteiger partial charge < -0.3 is 5.11 Å². The molecule has 2 atom stereocenters. The average molecular weight is 352 g/mol. The van der Waals surface area contributed by atoms with Gasteiger partial charge in [-0.25, -0.2) is 4.79 Å². The van der Waals surface area contributed by atoms with Gasteiger partial charge in [0.05, 0.1) is 5.57 Å². The number of allylic oxidation sites excluding steroid dienone is 1. The number of carbonyl (C=O) groups is 1. The van der Waals surface area contributed by atoms with Crippen LogP contribution in [0.15, 0.2) is 40.5 Å². The fraction of sp³-hybridized carbons (Fsp3) is 0.444. The Hall–Kier alpha value is -1.18. The quantitative estimate of drug-likeness (QED) is 0.746. The number of hydrogen-bond acceptors (Lipinski definition) is 2. The van der Waals surface area contributed by atoms with E-state index in [-0.39, 0.29) is 19.5 Å². The summed E-state index contributed by atoms with van der Waals surface area (Å²) in [6.07, 6.45) is 2.10. The van der Waals surface area contributed by atoms with E-state index in [0.29, 0.717) is 16.3 Å².